The maximum absolute atomic E-state index is 12.0. The predicted octanol–water partition coefficient (Wildman–Crippen LogP) is 8.57. The Bertz CT molecular complexity index is 1230. The average Bonchev–Trinajstić information content (AvgIpc) is 3.28. The standard InChI is InChI=1S/C39H56O3Si/c1-28-21-23-39(8,31(25-28)26-41-30(3)40)36-22-24-38(7)29(2)19-20-35(38)34(36)27-42-43(37(4,5)6,32-15-11-9-12-16-32)33-17-13-10-14-18-33/h9-18,28,31,34-36H,2,19-27H2,1,3-8H3/t28-,31+,34-,35-,36-,38+,39-/m0/s1. The molecule has 43 heavy (non-hydrogen) atoms. The molecule has 7 atom stereocenters. The third-order valence-electron chi connectivity index (χ3n) is 12.4. The van der Waals surface area contributed by atoms with E-state index in [4.69, 9.17) is 9.16 Å². The Kier molecular flexibility index (Phi) is 9.23. The van der Waals surface area contributed by atoms with E-state index in [0.29, 0.717) is 36.2 Å². The van der Waals surface area contributed by atoms with Gasteiger partial charge in [-0.1, -0.05) is 121 Å². The Morgan fingerprint density at radius 3 is 2.07 bits per heavy atom. The summed E-state index contributed by atoms with van der Waals surface area (Å²) in [6.07, 6.45) is 8.34. The van der Waals surface area contributed by atoms with Crippen molar-refractivity contribution in [2.45, 2.75) is 98.5 Å². The smallest absolute Gasteiger partial charge is 0.302 e. The fourth-order valence-corrected chi connectivity index (χ4v) is 14.4. The lowest BCUT2D eigenvalue weighted by Gasteiger charge is -2.57. The summed E-state index contributed by atoms with van der Waals surface area (Å²) in [7, 11) is -2.67. The van der Waals surface area contributed by atoms with Crippen molar-refractivity contribution in [1.29, 1.82) is 0 Å². The number of esters is 1. The van der Waals surface area contributed by atoms with Crippen LogP contribution in [-0.4, -0.2) is 27.5 Å². The first-order valence-corrected chi connectivity index (χ1v) is 18.8. The van der Waals surface area contributed by atoms with Gasteiger partial charge in [-0.3, -0.25) is 4.79 Å². The molecule has 234 valence electrons. The molecular weight excluding hydrogens is 545 g/mol. The normalized spacial score (nSPS) is 33.2. The van der Waals surface area contributed by atoms with E-state index in [-0.39, 0.29) is 21.8 Å². The van der Waals surface area contributed by atoms with Crippen molar-refractivity contribution in [3.05, 3.63) is 72.8 Å². The van der Waals surface area contributed by atoms with Crippen molar-refractivity contribution in [1.82, 2.24) is 0 Å². The second-order valence-corrected chi connectivity index (χ2v) is 20.1. The zero-order valence-corrected chi connectivity index (χ0v) is 29.0. The van der Waals surface area contributed by atoms with Crippen LogP contribution in [0.4, 0.5) is 0 Å². The first kappa shape index (κ1) is 32.2. The van der Waals surface area contributed by atoms with Gasteiger partial charge in [0.2, 0.25) is 0 Å². The van der Waals surface area contributed by atoms with Crippen LogP contribution in [0.25, 0.3) is 0 Å². The first-order valence-electron chi connectivity index (χ1n) is 16.9. The van der Waals surface area contributed by atoms with Gasteiger partial charge >= 0.3 is 5.97 Å². The molecule has 0 aromatic heterocycles. The van der Waals surface area contributed by atoms with Crippen molar-refractivity contribution in [2.24, 2.45) is 40.4 Å². The second-order valence-electron chi connectivity index (χ2n) is 15.8. The lowest BCUT2D eigenvalue weighted by atomic mass is 9.49. The second kappa shape index (κ2) is 12.3. The van der Waals surface area contributed by atoms with Gasteiger partial charge in [0, 0.05) is 13.5 Å². The van der Waals surface area contributed by atoms with E-state index in [1.165, 1.54) is 48.1 Å². The minimum atomic E-state index is -2.67. The Labute approximate surface area is 263 Å². The van der Waals surface area contributed by atoms with Crippen LogP contribution < -0.4 is 10.4 Å². The van der Waals surface area contributed by atoms with Crippen LogP contribution in [0.3, 0.4) is 0 Å². The van der Waals surface area contributed by atoms with Crippen molar-refractivity contribution in [3.8, 4) is 0 Å². The number of allylic oxidation sites excluding steroid dienone is 1. The highest BCUT2D eigenvalue weighted by atomic mass is 28.4. The van der Waals surface area contributed by atoms with E-state index < -0.39 is 8.32 Å². The van der Waals surface area contributed by atoms with Crippen molar-refractivity contribution < 1.29 is 14.0 Å². The number of ether oxygens (including phenoxy) is 1. The van der Waals surface area contributed by atoms with E-state index in [0.717, 1.165) is 19.4 Å². The summed E-state index contributed by atoms with van der Waals surface area (Å²) >= 11 is 0. The number of rotatable bonds is 8. The van der Waals surface area contributed by atoms with Crippen LogP contribution in [0.2, 0.25) is 5.04 Å². The molecule has 2 aromatic carbocycles. The largest absolute Gasteiger partial charge is 0.466 e. The molecule has 0 bridgehead atoms. The summed E-state index contributed by atoms with van der Waals surface area (Å²) in [5.41, 5.74) is 1.75. The number of benzene rings is 2. The maximum atomic E-state index is 12.0. The molecule has 3 aliphatic carbocycles. The molecule has 3 saturated carbocycles. The summed E-state index contributed by atoms with van der Waals surface area (Å²) in [5.74, 6) is 2.44. The van der Waals surface area contributed by atoms with Crippen molar-refractivity contribution >= 4 is 24.7 Å². The van der Waals surface area contributed by atoms with Crippen LogP contribution in [0.5, 0.6) is 0 Å². The first-order chi connectivity index (χ1) is 20.3. The molecule has 0 radical (unpaired) electrons. The van der Waals surface area contributed by atoms with E-state index in [1.54, 1.807) is 6.92 Å². The zero-order valence-electron chi connectivity index (χ0n) is 28.0. The molecule has 0 aliphatic heterocycles. The molecular formula is C39H56O3Si. The van der Waals surface area contributed by atoms with Gasteiger partial charge in [-0.2, -0.15) is 0 Å². The minimum Gasteiger partial charge on any atom is -0.466 e. The summed E-state index contributed by atoms with van der Waals surface area (Å²) in [4.78, 5) is 12.0. The molecule has 0 unspecified atom stereocenters. The number of fused-ring (bicyclic) bond motifs is 1. The number of hydrogen-bond donors (Lipinski definition) is 0. The Morgan fingerprint density at radius 2 is 1.51 bits per heavy atom. The number of hydrogen-bond acceptors (Lipinski definition) is 3. The minimum absolute atomic E-state index is 0.0511. The van der Waals surface area contributed by atoms with Crippen molar-refractivity contribution in [2.75, 3.05) is 13.2 Å². The predicted molar refractivity (Wildman–Crippen MR) is 181 cm³/mol. The lowest BCUT2D eigenvalue weighted by Crippen LogP contribution is -2.67. The van der Waals surface area contributed by atoms with E-state index in [9.17, 15) is 4.79 Å². The Hall–Kier alpha value is -2.17. The highest BCUT2D eigenvalue weighted by Crippen LogP contribution is 2.64. The number of carbonyl (C=O) groups is 1. The van der Waals surface area contributed by atoms with Crippen LogP contribution in [0.15, 0.2) is 72.8 Å². The fraction of sp³-hybridized carbons (Fsp3) is 0.615. The topological polar surface area (TPSA) is 35.5 Å². The van der Waals surface area contributed by atoms with Gasteiger partial charge in [0.15, 0.2) is 0 Å². The van der Waals surface area contributed by atoms with Crippen molar-refractivity contribution in [3.63, 3.8) is 0 Å². The summed E-state index contributed by atoms with van der Waals surface area (Å²) in [5, 5.41) is 2.65. The molecule has 0 heterocycles. The molecule has 0 N–H and O–H groups in total. The monoisotopic (exact) mass is 600 g/mol. The van der Waals surface area contributed by atoms with E-state index in [1.807, 2.05) is 0 Å². The van der Waals surface area contributed by atoms with E-state index in [2.05, 4.69) is 109 Å². The van der Waals surface area contributed by atoms with Crippen LogP contribution in [0.1, 0.15) is 93.4 Å². The molecule has 5 rings (SSSR count). The van der Waals surface area contributed by atoms with Gasteiger partial charge in [0.1, 0.15) is 0 Å². The third kappa shape index (κ3) is 5.83. The van der Waals surface area contributed by atoms with Crippen LogP contribution in [0, 0.1) is 40.4 Å². The van der Waals surface area contributed by atoms with Gasteiger partial charge in [0.05, 0.1) is 6.61 Å². The molecule has 0 amide bonds. The van der Waals surface area contributed by atoms with Gasteiger partial charge in [-0.05, 0) is 94.4 Å². The average molecular weight is 601 g/mol. The molecule has 3 fully saturated rings. The van der Waals surface area contributed by atoms with Gasteiger partial charge in [0.25, 0.3) is 8.32 Å². The van der Waals surface area contributed by atoms with E-state index >= 15 is 0 Å². The van der Waals surface area contributed by atoms with Gasteiger partial charge < -0.3 is 9.16 Å². The number of carbonyl (C=O) groups excluding carboxylic acids is 1. The lowest BCUT2D eigenvalue weighted by molar-refractivity contribution is -0.148. The molecule has 3 aliphatic rings. The highest BCUT2D eigenvalue weighted by Gasteiger charge is 2.58. The maximum Gasteiger partial charge on any atom is 0.302 e. The third-order valence-corrected chi connectivity index (χ3v) is 17.4. The summed E-state index contributed by atoms with van der Waals surface area (Å²) in [6.45, 7) is 22.1. The summed E-state index contributed by atoms with van der Waals surface area (Å²) in [6, 6.07) is 22.2. The highest BCUT2D eigenvalue weighted by molar-refractivity contribution is 6.99. The molecule has 0 spiro atoms. The van der Waals surface area contributed by atoms with Crippen LogP contribution in [-0.2, 0) is 14.0 Å². The quantitative estimate of drug-likeness (QED) is 0.173. The molecule has 4 heteroatoms. The SMILES string of the molecule is C=C1CC[C@H]2[C@H](CO[Si](c3ccccc3)(c3ccccc3)C(C)(C)C)[C@@H]([C@@]3(C)CC[C@H](C)C[C@@H]3COC(C)=O)CC[C@]12C. The Morgan fingerprint density at radius 1 is 0.907 bits per heavy atom. The zero-order chi connectivity index (χ0) is 31.0. The van der Waals surface area contributed by atoms with Gasteiger partial charge in [-0.25, -0.2) is 0 Å². The fourth-order valence-electron chi connectivity index (χ4n) is 9.83. The molecule has 0 saturated heterocycles. The van der Waals surface area contributed by atoms with Crippen LogP contribution >= 0.6 is 0 Å². The van der Waals surface area contributed by atoms with Gasteiger partial charge in [-0.15, -0.1) is 0 Å². The molecule has 2 aromatic rings. The Balaban J connectivity index is 1.58. The molecule has 3 nitrogen and oxygen atoms in total. The summed E-state index contributed by atoms with van der Waals surface area (Å²) < 4.78 is 13.5.